The quantitative estimate of drug-likeness (QED) is 0.346. The van der Waals surface area contributed by atoms with Crippen LogP contribution in [0.2, 0.25) is 0 Å². The number of furan rings is 1. The van der Waals surface area contributed by atoms with Gasteiger partial charge in [-0.3, -0.25) is 14.6 Å². The Kier molecular flexibility index (Phi) is 6.79. The van der Waals surface area contributed by atoms with Gasteiger partial charge in [0.2, 0.25) is 11.8 Å². The molecular weight excluding hydrogens is 456 g/mol. The first kappa shape index (κ1) is 23.0. The highest BCUT2D eigenvalue weighted by atomic mass is 16.3. The topological polar surface area (TPSA) is 106 Å². The number of carbonyl (C=O) groups is 2. The lowest BCUT2D eigenvalue weighted by atomic mass is 10.0. The number of fused-ring (bicyclic) bond motifs is 1. The van der Waals surface area contributed by atoms with Crippen LogP contribution in [0.1, 0.15) is 22.9 Å². The van der Waals surface area contributed by atoms with Crippen LogP contribution in [0.15, 0.2) is 102 Å². The smallest absolute Gasteiger partial charge is 0.247 e. The van der Waals surface area contributed by atoms with E-state index in [4.69, 9.17) is 4.42 Å². The van der Waals surface area contributed by atoms with Crippen LogP contribution in [0.25, 0.3) is 11.0 Å². The molecule has 0 saturated carbocycles. The maximum atomic E-state index is 13.8. The van der Waals surface area contributed by atoms with E-state index < -0.39 is 6.04 Å². The van der Waals surface area contributed by atoms with Gasteiger partial charge in [-0.1, -0.05) is 47.7 Å². The summed E-state index contributed by atoms with van der Waals surface area (Å²) >= 11 is 0. The Bertz CT molecular complexity index is 1430. The molecule has 0 unspecified atom stereocenters. The Hall–Kier alpha value is -4.79. The second-order valence-corrected chi connectivity index (χ2v) is 8.22. The van der Waals surface area contributed by atoms with E-state index in [2.05, 4.69) is 20.6 Å². The van der Waals surface area contributed by atoms with Crippen LogP contribution in [-0.2, 0) is 29.2 Å². The second-order valence-electron chi connectivity index (χ2n) is 8.22. The molecule has 1 atom stereocenters. The average Bonchev–Trinajstić information content (AvgIpc) is 3.59. The number of rotatable bonds is 9. The molecule has 180 valence electrons. The molecule has 5 rings (SSSR count). The minimum atomic E-state index is -0.898. The van der Waals surface area contributed by atoms with Gasteiger partial charge in [0.05, 0.1) is 18.3 Å². The number of amides is 2. The maximum Gasteiger partial charge on any atom is 0.247 e. The molecule has 0 saturated heterocycles. The van der Waals surface area contributed by atoms with Gasteiger partial charge in [-0.25, -0.2) is 4.68 Å². The number of aromatic nitrogens is 4. The van der Waals surface area contributed by atoms with Crippen molar-refractivity contribution in [2.75, 3.05) is 0 Å². The zero-order valence-corrected chi connectivity index (χ0v) is 19.4. The molecular formula is C27H24N6O3. The summed E-state index contributed by atoms with van der Waals surface area (Å²) in [5.41, 5.74) is 2.98. The van der Waals surface area contributed by atoms with Crippen molar-refractivity contribution < 1.29 is 14.0 Å². The summed E-state index contributed by atoms with van der Waals surface area (Å²) in [7, 11) is 0. The zero-order chi connectivity index (χ0) is 24.7. The Labute approximate surface area is 207 Å². The third-order valence-corrected chi connectivity index (χ3v) is 5.82. The number of para-hydroxylation sites is 1. The first-order valence-corrected chi connectivity index (χ1v) is 11.5. The van der Waals surface area contributed by atoms with Crippen molar-refractivity contribution in [1.82, 2.24) is 30.2 Å². The van der Waals surface area contributed by atoms with E-state index in [0.717, 1.165) is 11.1 Å². The fourth-order valence-electron chi connectivity index (χ4n) is 4.06. The SMILES string of the molecule is O=C(NCc1ccco1)[C@@H](c1ccncc1)N(Cc1ccccc1)C(=O)Cn1nnc2ccccc21. The molecule has 3 heterocycles. The summed E-state index contributed by atoms with van der Waals surface area (Å²) < 4.78 is 6.92. The van der Waals surface area contributed by atoms with Crippen LogP contribution in [0.5, 0.6) is 0 Å². The molecule has 3 aromatic heterocycles. The highest BCUT2D eigenvalue weighted by Crippen LogP contribution is 2.24. The van der Waals surface area contributed by atoms with Gasteiger partial charge in [-0.05, 0) is 47.5 Å². The number of hydrogen-bond acceptors (Lipinski definition) is 6. The van der Waals surface area contributed by atoms with Crippen molar-refractivity contribution in [3.05, 3.63) is 114 Å². The normalized spacial score (nSPS) is 11.8. The molecule has 5 aromatic rings. The van der Waals surface area contributed by atoms with Gasteiger partial charge in [-0.2, -0.15) is 0 Å². The van der Waals surface area contributed by atoms with Crippen molar-refractivity contribution in [2.24, 2.45) is 0 Å². The van der Waals surface area contributed by atoms with Gasteiger partial charge in [0.25, 0.3) is 0 Å². The van der Waals surface area contributed by atoms with E-state index in [1.54, 1.807) is 52.5 Å². The fraction of sp³-hybridized carbons (Fsp3) is 0.148. The largest absolute Gasteiger partial charge is 0.467 e. The molecule has 36 heavy (non-hydrogen) atoms. The summed E-state index contributed by atoms with van der Waals surface area (Å²) in [5.74, 6) is 0.0154. The molecule has 2 amide bonds. The van der Waals surface area contributed by atoms with Gasteiger partial charge in [0.1, 0.15) is 23.9 Å². The number of hydrogen-bond donors (Lipinski definition) is 1. The number of nitrogens with one attached hydrogen (secondary N) is 1. The monoisotopic (exact) mass is 480 g/mol. The molecule has 0 aliphatic heterocycles. The molecule has 0 aliphatic rings. The third kappa shape index (κ3) is 5.15. The summed E-state index contributed by atoms with van der Waals surface area (Å²) in [4.78, 5) is 33.1. The molecule has 2 aromatic carbocycles. The molecule has 0 aliphatic carbocycles. The Morgan fingerprint density at radius 1 is 0.944 bits per heavy atom. The second kappa shape index (κ2) is 10.6. The van der Waals surface area contributed by atoms with E-state index in [1.165, 1.54) is 0 Å². The number of nitrogens with zero attached hydrogens (tertiary/aromatic N) is 5. The Morgan fingerprint density at radius 3 is 2.50 bits per heavy atom. The summed E-state index contributed by atoms with van der Waals surface area (Å²) in [6.45, 7) is 0.363. The van der Waals surface area contributed by atoms with Crippen LogP contribution in [0.4, 0.5) is 0 Å². The van der Waals surface area contributed by atoms with Crippen molar-refractivity contribution in [3.8, 4) is 0 Å². The fourth-order valence-corrected chi connectivity index (χ4v) is 4.06. The van der Waals surface area contributed by atoms with Crippen LogP contribution in [0.3, 0.4) is 0 Å². The van der Waals surface area contributed by atoms with Crippen molar-refractivity contribution >= 4 is 22.8 Å². The lowest BCUT2D eigenvalue weighted by molar-refractivity contribution is -0.142. The molecule has 0 bridgehead atoms. The summed E-state index contributed by atoms with van der Waals surface area (Å²) in [6, 6.07) is 23.1. The van der Waals surface area contributed by atoms with Crippen molar-refractivity contribution in [3.63, 3.8) is 0 Å². The minimum Gasteiger partial charge on any atom is -0.467 e. The van der Waals surface area contributed by atoms with Crippen LogP contribution >= 0.6 is 0 Å². The Balaban J connectivity index is 1.49. The standard InChI is InChI=1S/C27H24N6O3/c34-25(19-33-24-11-5-4-10-23(24)30-31-33)32(18-20-7-2-1-3-8-20)26(21-12-14-28-15-13-21)27(35)29-17-22-9-6-16-36-22/h1-16,26H,17-19H2,(H,29,35)/t26-/m1/s1. The van der Waals surface area contributed by atoms with Gasteiger partial charge < -0.3 is 14.6 Å². The Morgan fingerprint density at radius 2 is 1.72 bits per heavy atom. The third-order valence-electron chi connectivity index (χ3n) is 5.82. The predicted molar refractivity (Wildman–Crippen MR) is 132 cm³/mol. The maximum absolute atomic E-state index is 13.8. The average molecular weight is 481 g/mol. The van der Waals surface area contributed by atoms with E-state index in [0.29, 0.717) is 16.8 Å². The van der Waals surface area contributed by atoms with Gasteiger partial charge in [-0.15, -0.1) is 5.10 Å². The van der Waals surface area contributed by atoms with Gasteiger partial charge in [0.15, 0.2) is 0 Å². The molecule has 9 heteroatoms. The van der Waals surface area contributed by atoms with Crippen LogP contribution in [0, 0.1) is 0 Å². The van der Waals surface area contributed by atoms with Crippen molar-refractivity contribution in [2.45, 2.75) is 25.7 Å². The number of carbonyl (C=O) groups excluding carboxylic acids is 2. The minimum absolute atomic E-state index is 0.0691. The molecule has 1 N–H and O–H groups in total. The first-order valence-electron chi connectivity index (χ1n) is 11.5. The van der Waals surface area contributed by atoms with E-state index in [9.17, 15) is 9.59 Å². The van der Waals surface area contributed by atoms with Crippen LogP contribution < -0.4 is 5.32 Å². The van der Waals surface area contributed by atoms with Gasteiger partial charge >= 0.3 is 0 Å². The summed E-state index contributed by atoms with van der Waals surface area (Å²) in [6.07, 6.45) is 4.77. The first-order chi connectivity index (χ1) is 17.7. The highest BCUT2D eigenvalue weighted by Gasteiger charge is 2.32. The predicted octanol–water partition coefficient (Wildman–Crippen LogP) is 3.51. The zero-order valence-electron chi connectivity index (χ0n) is 19.4. The highest BCUT2D eigenvalue weighted by molar-refractivity contribution is 5.89. The molecule has 0 spiro atoms. The van der Waals surface area contributed by atoms with E-state index >= 15 is 0 Å². The van der Waals surface area contributed by atoms with Crippen molar-refractivity contribution in [1.29, 1.82) is 0 Å². The van der Waals surface area contributed by atoms with Gasteiger partial charge in [0, 0.05) is 18.9 Å². The molecule has 9 nitrogen and oxygen atoms in total. The lowest BCUT2D eigenvalue weighted by Gasteiger charge is -2.31. The van der Waals surface area contributed by atoms with E-state index in [-0.39, 0.29) is 31.4 Å². The number of benzene rings is 2. The molecule has 0 radical (unpaired) electrons. The van der Waals surface area contributed by atoms with Crippen LogP contribution in [-0.4, -0.2) is 36.7 Å². The van der Waals surface area contributed by atoms with E-state index in [1.807, 2.05) is 54.6 Å². The summed E-state index contributed by atoms with van der Waals surface area (Å²) in [5, 5.41) is 11.2. The lowest BCUT2D eigenvalue weighted by Crippen LogP contribution is -2.44. The molecule has 0 fully saturated rings. The number of pyridine rings is 1.